The molecule has 0 aromatic heterocycles. The predicted octanol–water partition coefficient (Wildman–Crippen LogP) is 2.36. The van der Waals surface area contributed by atoms with Crippen LogP contribution in [0.2, 0.25) is 0 Å². The van der Waals surface area contributed by atoms with Crippen molar-refractivity contribution in [2.75, 3.05) is 6.54 Å². The van der Waals surface area contributed by atoms with Crippen LogP contribution in [0, 0.1) is 22.6 Å². The first-order chi connectivity index (χ1) is 10.9. The van der Waals surface area contributed by atoms with Gasteiger partial charge in [0.25, 0.3) is 0 Å². The molecule has 0 radical (unpaired) electrons. The lowest BCUT2D eigenvalue weighted by Crippen LogP contribution is -2.50. The third-order valence-corrected chi connectivity index (χ3v) is 4.97. The topological polar surface area (TPSA) is 70.1 Å². The number of nitrogens with two attached hydrogens (primary N) is 1. The minimum absolute atomic E-state index is 0. The highest BCUT2D eigenvalue weighted by molar-refractivity contribution is 5.85. The van der Waals surface area contributed by atoms with Crippen molar-refractivity contribution in [1.82, 2.24) is 4.90 Å². The van der Waals surface area contributed by atoms with Gasteiger partial charge in [-0.25, -0.2) is 8.78 Å². The van der Waals surface area contributed by atoms with Crippen LogP contribution in [-0.2, 0) is 11.2 Å². The summed E-state index contributed by atoms with van der Waals surface area (Å²) in [7, 11) is 0. The Morgan fingerprint density at radius 2 is 2.04 bits per heavy atom. The van der Waals surface area contributed by atoms with Crippen LogP contribution in [0.1, 0.15) is 24.8 Å². The lowest BCUT2D eigenvalue weighted by molar-refractivity contribution is -0.134. The highest BCUT2D eigenvalue weighted by Crippen LogP contribution is 2.51. The first-order valence-electron chi connectivity index (χ1n) is 7.79. The number of amides is 1. The molecule has 3 atom stereocenters. The number of halogens is 3. The molecule has 3 rings (SSSR count). The van der Waals surface area contributed by atoms with E-state index in [1.54, 1.807) is 12.1 Å². The number of carbonyl (C=O) groups is 1. The van der Waals surface area contributed by atoms with Crippen LogP contribution in [0.4, 0.5) is 8.78 Å². The van der Waals surface area contributed by atoms with E-state index in [0.717, 1.165) is 18.4 Å². The van der Waals surface area contributed by atoms with Gasteiger partial charge in [-0.2, -0.15) is 5.26 Å². The number of nitrogens with zero attached hydrogens (tertiary/aromatic N) is 2. The number of likely N-dealkylation sites (tertiary alicyclic amines) is 1. The first kappa shape index (κ1) is 18.6. The second-order valence-electron chi connectivity index (χ2n) is 6.61. The summed E-state index contributed by atoms with van der Waals surface area (Å²) >= 11 is 0. The van der Waals surface area contributed by atoms with Crippen LogP contribution >= 0.6 is 12.4 Å². The van der Waals surface area contributed by atoms with E-state index in [0.29, 0.717) is 6.42 Å². The van der Waals surface area contributed by atoms with Gasteiger partial charge in [0.1, 0.15) is 18.0 Å². The average Bonchev–Trinajstić information content (AvgIpc) is 3.22. The SMILES string of the molecule is Cl.N#C[C@@H]1C[C@H](F)CN1C(=O)[C@@H](N)C1(Cc2ccc(F)cc2)CC1. The molecule has 0 bridgehead atoms. The van der Waals surface area contributed by atoms with Crippen molar-refractivity contribution in [1.29, 1.82) is 5.26 Å². The van der Waals surface area contributed by atoms with Crippen molar-refractivity contribution in [3.63, 3.8) is 0 Å². The molecule has 1 aliphatic heterocycles. The van der Waals surface area contributed by atoms with Crippen molar-refractivity contribution in [3.8, 4) is 6.07 Å². The standard InChI is InChI=1S/C17H19F2N3O.ClH/c18-12-3-1-11(2-4-12)8-17(5-6-17)15(21)16(23)22-10-13(19)7-14(22)9-20;/h1-4,13-15H,5-8,10,21H2;1H/t13-,14-,15+;/m0./s1. The Morgan fingerprint density at radius 3 is 2.58 bits per heavy atom. The number of hydrogen-bond acceptors (Lipinski definition) is 3. The molecule has 1 saturated heterocycles. The van der Waals surface area contributed by atoms with Crippen LogP contribution < -0.4 is 5.73 Å². The van der Waals surface area contributed by atoms with E-state index in [2.05, 4.69) is 0 Å². The molecule has 2 N–H and O–H groups in total. The molecule has 1 saturated carbocycles. The summed E-state index contributed by atoms with van der Waals surface area (Å²) in [5, 5.41) is 9.08. The maximum Gasteiger partial charge on any atom is 0.241 e. The van der Waals surface area contributed by atoms with Crippen LogP contribution in [-0.4, -0.2) is 35.6 Å². The Kier molecular flexibility index (Phi) is 5.46. The number of alkyl halides is 1. The van der Waals surface area contributed by atoms with E-state index in [1.807, 2.05) is 6.07 Å². The van der Waals surface area contributed by atoms with E-state index in [1.165, 1.54) is 17.0 Å². The number of nitriles is 1. The Morgan fingerprint density at radius 1 is 1.42 bits per heavy atom. The highest BCUT2D eigenvalue weighted by Gasteiger charge is 2.52. The maximum absolute atomic E-state index is 13.5. The van der Waals surface area contributed by atoms with Gasteiger partial charge in [-0.05, 0) is 42.4 Å². The molecule has 2 fully saturated rings. The molecular weight excluding hydrogens is 336 g/mol. The fourth-order valence-corrected chi connectivity index (χ4v) is 3.36. The van der Waals surface area contributed by atoms with Gasteiger partial charge in [0.2, 0.25) is 5.91 Å². The second kappa shape index (κ2) is 7.04. The first-order valence-corrected chi connectivity index (χ1v) is 7.79. The Balaban J connectivity index is 0.00000208. The minimum atomic E-state index is -1.16. The summed E-state index contributed by atoms with van der Waals surface area (Å²) < 4.78 is 26.5. The summed E-state index contributed by atoms with van der Waals surface area (Å²) in [6.45, 7) is -0.0581. The Bertz CT molecular complexity index is 642. The quantitative estimate of drug-likeness (QED) is 0.901. The Hall–Kier alpha value is -1.71. The molecule has 1 aliphatic carbocycles. The smallest absolute Gasteiger partial charge is 0.241 e. The molecular formula is C17H20ClF2N3O. The fourth-order valence-electron chi connectivity index (χ4n) is 3.36. The fraction of sp³-hybridized carbons (Fsp3) is 0.529. The van der Waals surface area contributed by atoms with Gasteiger partial charge in [-0.3, -0.25) is 4.79 Å². The monoisotopic (exact) mass is 355 g/mol. The maximum atomic E-state index is 13.5. The molecule has 24 heavy (non-hydrogen) atoms. The molecule has 1 aromatic carbocycles. The Labute approximate surface area is 146 Å². The van der Waals surface area contributed by atoms with Crippen LogP contribution in [0.15, 0.2) is 24.3 Å². The van der Waals surface area contributed by atoms with E-state index < -0.39 is 18.3 Å². The van der Waals surface area contributed by atoms with Gasteiger partial charge in [-0.15, -0.1) is 12.4 Å². The van der Waals surface area contributed by atoms with E-state index >= 15 is 0 Å². The average molecular weight is 356 g/mol. The third-order valence-electron chi connectivity index (χ3n) is 4.97. The summed E-state index contributed by atoms with van der Waals surface area (Å²) in [5.41, 5.74) is 6.75. The molecule has 130 valence electrons. The van der Waals surface area contributed by atoms with Crippen molar-refractivity contribution in [2.45, 2.75) is 43.9 Å². The van der Waals surface area contributed by atoms with Crippen LogP contribution in [0.5, 0.6) is 0 Å². The summed E-state index contributed by atoms with van der Waals surface area (Å²) in [5.74, 6) is -0.654. The van der Waals surface area contributed by atoms with Gasteiger partial charge in [0.15, 0.2) is 0 Å². The highest BCUT2D eigenvalue weighted by atomic mass is 35.5. The molecule has 0 unspecified atom stereocenters. The van der Waals surface area contributed by atoms with Crippen molar-refractivity contribution < 1.29 is 13.6 Å². The normalized spacial score (nSPS) is 25.5. The zero-order valence-electron chi connectivity index (χ0n) is 13.1. The number of carbonyl (C=O) groups excluding carboxylic acids is 1. The molecule has 1 heterocycles. The van der Waals surface area contributed by atoms with E-state index in [9.17, 15) is 13.6 Å². The van der Waals surface area contributed by atoms with E-state index in [-0.39, 0.29) is 42.5 Å². The largest absolute Gasteiger partial charge is 0.322 e. The summed E-state index contributed by atoms with van der Waals surface area (Å²) in [4.78, 5) is 13.9. The van der Waals surface area contributed by atoms with Crippen LogP contribution in [0.25, 0.3) is 0 Å². The van der Waals surface area contributed by atoms with E-state index in [4.69, 9.17) is 11.0 Å². The van der Waals surface area contributed by atoms with Crippen molar-refractivity contribution in [2.24, 2.45) is 11.1 Å². The summed E-state index contributed by atoms with van der Waals surface area (Å²) in [6.07, 6.45) is 1.09. The van der Waals surface area contributed by atoms with Gasteiger partial charge in [0, 0.05) is 6.42 Å². The van der Waals surface area contributed by atoms with Gasteiger partial charge < -0.3 is 10.6 Å². The number of hydrogen-bond donors (Lipinski definition) is 1. The van der Waals surface area contributed by atoms with Crippen LogP contribution in [0.3, 0.4) is 0 Å². The third kappa shape index (κ3) is 3.52. The second-order valence-corrected chi connectivity index (χ2v) is 6.61. The lowest BCUT2D eigenvalue weighted by atomic mass is 9.88. The lowest BCUT2D eigenvalue weighted by Gasteiger charge is -2.28. The predicted molar refractivity (Wildman–Crippen MR) is 87.6 cm³/mol. The number of rotatable bonds is 4. The zero-order valence-corrected chi connectivity index (χ0v) is 13.9. The molecule has 4 nitrogen and oxygen atoms in total. The van der Waals surface area contributed by atoms with Gasteiger partial charge >= 0.3 is 0 Å². The molecule has 7 heteroatoms. The van der Waals surface area contributed by atoms with Gasteiger partial charge in [-0.1, -0.05) is 12.1 Å². The molecule has 2 aliphatic rings. The minimum Gasteiger partial charge on any atom is -0.322 e. The van der Waals surface area contributed by atoms with Crippen molar-refractivity contribution >= 4 is 18.3 Å². The van der Waals surface area contributed by atoms with Crippen molar-refractivity contribution in [3.05, 3.63) is 35.6 Å². The van der Waals surface area contributed by atoms with Gasteiger partial charge in [0.05, 0.1) is 18.7 Å². The zero-order chi connectivity index (χ0) is 16.6. The molecule has 0 spiro atoms. The number of benzene rings is 1. The summed E-state index contributed by atoms with van der Waals surface area (Å²) in [6, 6.07) is 6.65. The molecule has 1 amide bonds. The molecule has 1 aromatic rings.